The number of carbonyl (C=O) groups is 1. The number of hydrogen-bond acceptors (Lipinski definition) is 5. The molecule has 1 aromatic carbocycles. The number of amidine groups is 1. The Kier molecular flexibility index (Phi) is 3.92. The van der Waals surface area contributed by atoms with E-state index in [-0.39, 0.29) is 11.8 Å². The summed E-state index contributed by atoms with van der Waals surface area (Å²) in [5.74, 6) is 1.38. The van der Waals surface area contributed by atoms with E-state index in [0.717, 1.165) is 24.3 Å². The van der Waals surface area contributed by atoms with Gasteiger partial charge < -0.3 is 9.47 Å². The summed E-state index contributed by atoms with van der Waals surface area (Å²) in [5, 5.41) is 0.870. The Morgan fingerprint density at radius 2 is 1.96 bits per heavy atom. The number of thioether (sulfide) groups is 1. The van der Waals surface area contributed by atoms with Gasteiger partial charge in [-0.1, -0.05) is 11.8 Å². The standard InChI is InChI=1S/C18H18N2O3S/c1-22-10-7-8-11(13(9-10)23-2)16-19-17(21)15-12-5-3-4-6-14(12)24-18(15)20-16/h7-9,15H,3-6H2,1-2H3. The molecule has 1 unspecified atom stereocenters. The SMILES string of the molecule is COc1ccc(C2=NC(=O)C3C(=N2)SC2=C3CCCC2)c(OC)c1. The molecule has 5 nitrogen and oxygen atoms in total. The molecule has 24 heavy (non-hydrogen) atoms. The van der Waals surface area contributed by atoms with Gasteiger partial charge in [-0.2, -0.15) is 4.99 Å². The molecule has 0 saturated heterocycles. The predicted octanol–water partition coefficient (Wildman–Crippen LogP) is 3.58. The highest BCUT2D eigenvalue weighted by molar-refractivity contribution is 8.17. The molecule has 0 saturated carbocycles. The molecule has 1 amide bonds. The van der Waals surface area contributed by atoms with Crippen LogP contribution in [0.3, 0.4) is 0 Å². The van der Waals surface area contributed by atoms with Gasteiger partial charge in [0.15, 0.2) is 5.84 Å². The van der Waals surface area contributed by atoms with Crippen molar-refractivity contribution in [1.29, 1.82) is 0 Å². The summed E-state index contributed by atoms with van der Waals surface area (Å²) in [5.41, 5.74) is 1.96. The monoisotopic (exact) mass is 342 g/mol. The van der Waals surface area contributed by atoms with Gasteiger partial charge in [0.1, 0.15) is 17.4 Å². The minimum absolute atomic E-state index is 0.104. The van der Waals surface area contributed by atoms with Crippen LogP contribution >= 0.6 is 11.8 Å². The molecule has 1 atom stereocenters. The van der Waals surface area contributed by atoms with Gasteiger partial charge in [0, 0.05) is 6.07 Å². The Morgan fingerprint density at radius 3 is 2.75 bits per heavy atom. The van der Waals surface area contributed by atoms with Crippen LogP contribution in [0.2, 0.25) is 0 Å². The number of methoxy groups -OCH3 is 2. The summed E-state index contributed by atoms with van der Waals surface area (Å²) in [7, 11) is 3.19. The minimum Gasteiger partial charge on any atom is -0.497 e. The molecule has 3 aliphatic rings. The van der Waals surface area contributed by atoms with E-state index < -0.39 is 0 Å². The van der Waals surface area contributed by atoms with Crippen molar-refractivity contribution in [2.45, 2.75) is 25.7 Å². The summed E-state index contributed by atoms with van der Waals surface area (Å²) >= 11 is 1.66. The molecular weight excluding hydrogens is 324 g/mol. The van der Waals surface area contributed by atoms with Gasteiger partial charge in [0.25, 0.3) is 5.91 Å². The largest absolute Gasteiger partial charge is 0.497 e. The second-order valence-corrected chi connectivity index (χ2v) is 7.10. The Morgan fingerprint density at radius 1 is 1.12 bits per heavy atom. The third-order valence-electron chi connectivity index (χ3n) is 4.61. The van der Waals surface area contributed by atoms with Crippen LogP contribution < -0.4 is 9.47 Å². The van der Waals surface area contributed by atoms with Crippen molar-refractivity contribution in [3.8, 4) is 11.5 Å². The third kappa shape index (κ3) is 2.45. The van der Waals surface area contributed by atoms with Crippen molar-refractivity contribution < 1.29 is 14.3 Å². The van der Waals surface area contributed by atoms with Crippen molar-refractivity contribution in [2.24, 2.45) is 15.9 Å². The lowest BCUT2D eigenvalue weighted by molar-refractivity contribution is -0.118. The number of amides is 1. The van der Waals surface area contributed by atoms with Gasteiger partial charge in [-0.3, -0.25) is 4.79 Å². The number of carbonyl (C=O) groups excluding carboxylic acids is 1. The van der Waals surface area contributed by atoms with E-state index in [1.54, 1.807) is 32.0 Å². The molecular formula is C18H18N2O3S. The molecule has 0 N–H and O–H groups in total. The minimum atomic E-state index is -0.238. The molecule has 1 aromatic rings. The first kappa shape index (κ1) is 15.4. The van der Waals surface area contributed by atoms with Crippen LogP contribution in [0.15, 0.2) is 38.7 Å². The number of allylic oxidation sites excluding steroid dienone is 1. The summed E-state index contributed by atoms with van der Waals surface area (Å²) in [6.07, 6.45) is 4.40. The molecule has 6 heteroatoms. The number of fused-ring (bicyclic) bond motifs is 2. The maximum absolute atomic E-state index is 12.7. The first-order valence-corrected chi connectivity index (χ1v) is 8.86. The van der Waals surface area contributed by atoms with E-state index in [1.807, 2.05) is 12.1 Å². The van der Waals surface area contributed by atoms with E-state index in [2.05, 4.69) is 4.99 Å². The fourth-order valence-corrected chi connectivity index (χ4v) is 4.74. The quantitative estimate of drug-likeness (QED) is 0.842. The Balaban J connectivity index is 1.72. The topological polar surface area (TPSA) is 60.2 Å². The van der Waals surface area contributed by atoms with Crippen LogP contribution in [0.25, 0.3) is 0 Å². The first-order valence-electron chi connectivity index (χ1n) is 8.04. The van der Waals surface area contributed by atoms with E-state index in [0.29, 0.717) is 22.9 Å². The summed E-state index contributed by atoms with van der Waals surface area (Å²) < 4.78 is 10.6. The van der Waals surface area contributed by atoms with Gasteiger partial charge >= 0.3 is 0 Å². The van der Waals surface area contributed by atoms with Crippen LogP contribution in [0.5, 0.6) is 11.5 Å². The zero-order valence-corrected chi connectivity index (χ0v) is 14.5. The molecule has 1 aliphatic carbocycles. The average Bonchev–Trinajstić information content (AvgIpc) is 2.99. The third-order valence-corrected chi connectivity index (χ3v) is 5.86. The van der Waals surface area contributed by atoms with E-state index in [1.165, 1.54) is 16.9 Å². The second kappa shape index (κ2) is 6.09. The average molecular weight is 342 g/mol. The molecule has 2 heterocycles. The summed E-state index contributed by atoms with van der Waals surface area (Å²) in [4.78, 5) is 23.0. The van der Waals surface area contributed by atoms with Crippen molar-refractivity contribution >= 4 is 28.5 Å². The van der Waals surface area contributed by atoms with Gasteiger partial charge in [-0.15, -0.1) is 0 Å². The normalized spacial score (nSPS) is 22.6. The molecule has 0 spiro atoms. The zero-order chi connectivity index (χ0) is 16.7. The smallest absolute Gasteiger partial charge is 0.261 e. The predicted molar refractivity (Wildman–Crippen MR) is 95.1 cm³/mol. The lowest BCUT2D eigenvalue weighted by Gasteiger charge is -2.19. The number of aliphatic imine (C=N–C) groups is 2. The van der Waals surface area contributed by atoms with Crippen molar-refractivity contribution in [1.82, 2.24) is 0 Å². The van der Waals surface area contributed by atoms with Crippen molar-refractivity contribution in [3.05, 3.63) is 34.2 Å². The Labute approximate surface area is 144 Å². The number of benzene rings is 1. The van der Waals surface area contributed by atoms with Gasteiger partial charge in [-0.25, -0.2) is 4.99 Å². The molecule has 4 rings (SSSR count). The Hall–Kier alpha value is -2.08. The first-order chi connectivity index (χ1) is 11.7. The highest BCUT2D eigenvalue weighted by atomic mass is 32.2. The number of hydrogen-bond donors (Lipinski definition) is 0. The summed E-state index contributed by atoms with van der Waals surface area (Å²) in [6, 6.07) is 5.43. The number of ether oxygens (including phenoxy) is 2. The van der Waals surface area contributed by atoms with Crippen LogP contribution in [0.4, 0.5) is 0 Å². The highest BCUT2D eigenvalue weighted by Crippen LogP contribution is 2.47. The maximum Gasteiger partial charge on any atom is 0.261 e. The lowest BCUT2D eigenvalue weighted by Crippen LogP contribution is -2.26. The van der Waals surface area contributed by atoms with E-state index in [4.69, 9.17) is 14.5 Å². The molecule has 0 aromatic heterocycles. The lowest BCUT2D eigenvalue weighted by atomic mass is 9.89. The fourth-order valence-electron chi connectivity index (χ4n) is 3.40. The van der Waals surface area contributed by atoms with Crippen molar-refractivity contribution in [2.75, 3.05) is 14.2 Å². The van der Waals surface area contributed by atoms with Gasteiger partial charge in [0.05, 0.1) is 24.8 Å². The van der Waals surface area contributed by atoms with Gasteiger partial charge in [0.2, 0.25) is 0 Å². The maximum atomic E-state index is 12.7. The molecule has 124 valence electrons. The summed E-state index contributed by atoms with van der Waals surface area (Å²) in [6.45, 7) is 0. The van der Waals surface area contributed by atoms with E-state index in [9.17, 15) is 4.79 Å². The number of nitrogens with zero attached hydrogens (tertiary/aromatic N) is 2. The number of rotatable bonds is 3. The molecule has 0 bridgehead atoms. The second-order valence-electron chi connectivity index (χ2n) is 5.98. The molecule has 2 aliphatic heterocycles. The van der Waals surface area contributed by atoms with E-state index >= 15 is 0 Å². The van der Waals surface area contributed by atoms with Gasteiger partial charge in [-0.05, 0) is 48.3 Å². The Bertz CT molecular complexity index is 810. The fraction of sp³-hybridized carbons (Fsp3) is 0.389. The highest BCUT2D eigenvalue weighted by Gasteiger charge is 2.40. The van der Waals surface area contributed by atoms with Crippen LogP contribution in [0.1, 0.15) is 31.2 Å². The van der Waals surface area contributed by atoms with Crippen LogP contribution in [-0.4, -0.2) is 31.0 Å². The molecule has 0 radical (unpaired) electrons. The van der Waals surface area contributed by atoms with Crippen molar-refractivity contribution in [3.63, 3.8) is 0 Å². The van der Waals surface area contributed by atoms with Crippen LogP contribution in [-0.2, 0) is 4.79 Å². The van der Waals surface area contributed by atoms with Crippen LogP contribution in [0, 0.1) is 5.92 Å². The molecule has 0 fully saturated rings. The zero-order valence-electron chi connectivity index (χ0n) is 13.7.